The summed E-state index contributed by atoms with van der Waals surface area (Å²) in [6, 6.07) is 12.7. The molecule has 0 bridgehead atoms. The molecule has 29 heavy (non-hydrogen) atoms. The molecule has 1 fully saturated rings. The first kappa shape index (κ1) is 21.2. The number of ether oxygens (including phenoxy) is 1. The third-order valence-corrected chi connectivity index (χ3v) is 6.72. The third kappa shape index (κ3) is 5.10. The molecule has 1 aliphatic rings. The lowest BCUT2D eigenvalue weighted by Gasteiger charge is -2.31. The predicted octanol–water partition coefficient (Wildman–Crippen LogP) is 5.24. The molecule has 3 rings (SSSR count). The van der Waals surface area contributed by atoms with Crippen LogP contribution in [0.3, 0.4) is 0 Å². The SMILES string of the molecule is COc1ccc(-c2nnc(SC[C@H](C#N)CCC#N)n2[C@H]2CCCC[C@@H]2C)cc1. The molecule has 0 unspecified atom stereocenters. The molecule has 6 nitrogen and oxygen atoms in total. The maximum atomic E-state index is 9.40. The van der Waals surface area contributed by atoms with Gasteiger partial charge in [0.2, 0.25) is 0 Å². The highest BCUT2D eigenvalue weighted by Crippen LogP contribution is 2.39. The molecule has 0 saturated heterocycles. The Labute approximate surface area is 176 Å². The van der Waals surface area contributed by atoms with E-state index in [4.69, 9.17) is 10.00 Å². The summed E-state index contributed by atoms with van der Waals surface area (Å²) in [7, 11) is 1.66. The van der Waals surface area contributed by atoms with Crippen LogP contribution in [0.1, 0.15) is 51.5 Å². The smallest absolute Gasteiger partial charge is 0.191 e. The summed E-state index contributed by atoms with van der Waals surface area (Å²) in [5, 5.41) is 28.1. The number of hydrogen-bond acceptors (Lipinski definition) is 6. The number of rotatable bonds is 8. The zero-order valence-corrected chi connectivity index (χ0v) is 17.9. The van der Waals surface area contributed by atoms with Gasteiger partial charge in [0.05, 0.1) is 25.2 Å². The van der Waals surface area contributed by atoms with Crippen LogP contribution in [0.2, 0.25) is 0 Å². The van der Waals surface area contributed by atoms with E-state index in [1.165, 1.54) is 19.3 Å². The van der Waals surface area contributed by atoms with Crippen molar-refractivity contribution in [1.82, 2.24) is 14.8 Å². The normalized spacial score (nSPS) is 19.9. The van der Waals surface area contributed by atoms with Crippen LogP contribution in [0.4, 0.5) is 0 Å². The Morgan fingerprint density at radius 3 is 2.62 bits per heavy atom. The van der Waals surface area contributed by atoms with Crippen LogP contribution in [0.15, 0.2) is 29.4 Å². The Hall–Kier alpha value is -2.51. The summed E-state index contributed by atoms with van der Waals surface area (Å²) in [4.78, 5) is 0. The Morgan fingerprint density at radius 1 is 1.21 bits per heavy atom. The molecular weight excluding hydrogens is 382 g/mol. The van der Waals surface area contributed by atoms with Gasteiger partial charge in [-0.25, -0.2) is 0 Å². The summed E-state index contributed by atoms with van der Waals surface area (Å²) in [6.45, 7) is 2.31. The van der Waals surface area contributed by atoms with E-state index in [1.807, 2.05) is 24.3 Å². The van der Waals surface area contributed by atoms with E-state index in [0.29, 0.717) is 30.6 Å². The second kappa shape index (κ2) is 10.3. The molecular formula is C22H27N5OS. The molecule has 0 amide bonds. The van der Waals surface area contributed by atoms with Gasteiger partial charge in [0, 0.05) is 23.8 Å². The Bertz CT molecular complexity index is 880. The number of nitrogens with zero attached hydrogens (tertiary/aromatic N) is 5. The van der Waals surface area contributed by atoms with Gasteiger partial charge in [-0.1, -0.05) is 31.5 Å². The molecule has 1 heterocycles. The molecule has 1 aliphatic carbocycles. The zero-order valence-electron chi connectivity index (χ0n) is 17.0. The molecule has 0 spiro atoms. The van der Waals surface area contributed by atoms with Crippen LogP contribution in [-0.2, 0) is 0 Å². The number of methoxy groups -OCH3 is 1. The van der Waals surface area contributed by atoms with Crippen LogP contribution in [0, 0.1) is 34.5 Å². The molecule has 0 radical (unpaired) electrons. The summed E-state index contributed by atoms with van der Waals surface area (Å²) in [5.41, 5.74) is 1.02. The third-order valence-electron chi connectivity index (χ3n) is 5.61. The van der Waals surface area contributed by atoms with E-state index < -0.39 is 0 Å². The van der Waals surface area contributed by atoms with Crippen molar-refractivity contribution in [2.75, 3.05) is 12.9 Å². The van der Waals surface area contributed by atoms with Gasteiger partial charge < -0.3 is 4.74 Å². The molecule has 0 N–H and O–H groups in total. The lowest BCUT2D eigenvalue weighted by molar-refractivity contribution is 0.247. The van der Waals surface area contributed by atoms with Crippen LogP contribution in [0.5, 0.6) is 5.75 Å². The van der Waals surface area contributed by atoms with Crippen LogP contribution in [-0.4, -0.2) is 27.6 Å². The largest absolute Gasteiger partial charge is 0.497 e. The second-order valence-corrected chi connectivity index (χ2v) is 8.55. The quantitative estimate of drug-likeness (QED) is 0.554. The zero-order chi connectivity index (χ0) is 20.6. The second-order valence-electron chi connectivity index (χ2n) is 7.57. The minimum Gasteiger partial charge on any atom is -0.497 e. The van der Waals surface area contributed by atoms with Gasteiger partial charge in [0.15, 0.2) is 11.0 Å². The predicted molar refractivity (Wildman–Crippen MR) is 113 cm³/mol. The first-order valence-electron chi connectivity index (χ1n) is 10.2. The Balaban J connectivity index is 1.90. The standard InChI is InChI=1S/C22H27N5OS/c1-16-6-3-4-8-20(16)27-21(18-9-11-19(28-2)12-10-18)25-26-22(27)29-15-17(14-24)7-5-13-23/h9-12,16-17,20H,3-8,15H2,1-2H3/t16-,17-,20-/m0/s1. The van der Waals surface area contributed by atoms with Crippen molar-refractivity contribution in [2.45, 2.75) is 56.6 Å². The van der Waals surface area contributed by atoms with Crippen LogP contribution >= 0.6 is 11.8 Å². The van der Waals surface area contributed by atoms with E-state index in [9.17, 15) is 5.26 Å². The minimum atomic E-state index is -0.155. The summed E-state index contributed by atoms with van der Waals surface area (Å²) < 4.78 is 7.57. The Kier molecular flexibility index (Phi) is 7.55. The molecule has 152 valence electrons. The van der Waals surface area contributed by atoms with Crippen molar-refractivity contribution in [3.8, 4) is 29.3 Å². The number of hydrogen-bond donors (Lipinski definition) is 0. The average Bonchev–Trinajstić information content (AvgIpc) is 3.18. The highest BCUT2D eigenvalue weighted by molar-refractivity contribution is 7.99. The first-order valence-corrected chi connectivity index (χ1v) is 11.1. The maximum Gasteiger partial charge on any atom is 0.191 e. The van der Waals surface area contributed by atoms with E-state index >= 15 is 0 Å². The highest BCUT2D eigenvalue weighted by Gasteiger charge is 2.29. The topological polar surface area (TPSA) is 87.5 Å². The maximum absolute atomic E-state index is 9.40. The monoisotopic (exact) mass is 409 g/mol. The number of benzene rings is 1. The average molecular weight is 410 g/mol. The summed E-state index contributed by atoms with van der Waals surface area (Å²) in [6.07, 6.45) is 5.80. The lowest BCUT2D eigenvalue weighted by Crippen LogP contribution is -2.22. The number of nitriles is 2. The van der Waals surface area contributed by atoms with E-state index in [2.05, 4.69) is 33.8 Å². The van der Waals surface area contributed by atoms with Gasteiger partial charge in [-0.05, 0) is 49.4 Å². The molecule has 0 aliphatic heterocycles. The Morgan fingerprint density at radius 2 is 1.97 bits per heavy atom. The molecule has 1 aromatic carbocycles. The van der Waals surface area contributed by atoms with E-state index in [-0.39, 0.29) is 5.92 Å². The van der Waals surface area contributed by atoms with Gasteiger partial charge in [-0.3, -0.25) is 4.57 Å². The van der Waals surface area contributed by atoms with Crippen molar-refractivity contribution < 1.29 is 4.74 Å². The first-order chi connectivity index (χ1) is 14.2. The van der Waals surface area contributed by atoms with Gasteiger partial charge >= 0.3 is 0 Å². The fourth-order valence-corrected chi connectivity index (χ4v) is 4.94. The van der Waals surface area contributed by atoms with Crippen molar-refractivity contribution in [1.29, 1.82) is 10.5 Å². The van der Waals surface area contributed by atoms with Crippen LogP contribution < -0.4 is 4.74 Å². The minimum absolute atomic E-state index is 0.155. The highest BCUT2D eigenvalue weighted by atomic mass is 32.2. The van der Waals surface area contributed by atoms with E-state index in [1.54, 1.807) is 18.9 Å². The molecule has 1 saturated carbocycles. The van der Waals surface area contributed by atoms with Crippen LogP contribution in [0.25, 0.3) is 11.4 Å². The van der Waals surface area contributed by atoms with Crippen molar-refractivity contribution in [2.24, 2.45) is 11.8 Å². The van der Waals surface area contributed by atoms with Crippen molar-refractivity contribution >= 4 is 11.8 Å². The summed E-state index contributed by atoms with van der Waals surface area (Å²) in [5.74, 6) is 2.72. The van der Waals surface area contributed by atoms with Gasteiger partial charge in [0.1, 0.15) is 5.75 Å². The molecule has 1 aromatic heterocycles. The van der Waals surface area contributed by atoms with E-state index in [0.717, 1.165) is 28.7 Å². The van der Waals surface area contributed by atoms with Gasteiger partial charge in [-0.15, -0.1) is 10.2 Å². The summed E-state index contributed by atoms with van der Waals surface area (Å²) >= 11 is 1.58. The van der Waals surface area contributed by atoms with Crippen molar-refractivity contribution in [3.63, 3.8) is 0 Å². The molecule has 3 atom stereocenters. The lowest BCUT2D eigenvalue weighted by atomic mass is 9.85. The fourth-order valence-electron chi connectivity index (χ4n) is 3.89. The van der Waals surface area contributed by atoms with Gasteiger partial charge in [-0.2, -0.15) is 10.5 Å². The molecule has 2 aromatic rings. The number of thioether (sulfide) groups is 1. The van der Waals surface area contributed by atoms with Gasteiger partial charge in [0.25, 0.3) is 0 Å². The molecule has 7 heteroatoms. The fraction of sp³-hybridized carbons (Fsp3) is 0.545. The number of aromatic nitrogens is 3. The van der Waals surface area contributed by atoms with Crippen molar-refractivity contribution in [3.05, 3.63) is 24.3 Å².